The van der Waals surface area contributed by atoms with Crippen molar-refractivity contribution in [2.24, 2.45) is 0 Å². The summed E-state index contributed by atoms with van der Waals surface area (Å²) < 4.78 is 0. The summed E-state index contributed by atoms with van der Waals surface area (Å²) in [5.41, 5.74) is 0. The number of carboxylic acids is 1. The van der Waals surface area contributed by atoms with Gasteiger partial charge in [0.2, 0.25) is 11.8 Å². The summed E-state index contributed by atoms with van der Waals surface area (Å²) in [4.78, 5) is 40.6. The fraction of sp³-hybridized carbons (Fsp3) is 0.941. The number of carboxylic acid groups (broad SMARTS) is 1. The van der Waals surface area contributed by atoms with E-state index in [1.165, 1.54) is 205 Å². The second-order valence-electron chi connectivity index (χ2n) is 17.9. The van der Waals surface area contributed by atoms with Gasteiger partial charge in [-0.2, -0.15) is 0 Å². The van der Waals surface area contributed by atoms with Crippen LogP contribution in [-0.2, 0) is 14.4 Å². The molecule has 0 saturated carbocycles. The lowest BCUT2D eigenvalue weighted by molar-refractivity contribution is -0.139. The lowest BCUT2D eigenvalue weighted by Crippen LogP contribution is -2.49. The zero-order chi connectivity index (χ0) is 41.7. The van der Waals surface area contributed by atoms with Crippen molar-refractivity contribution in [2.75, 3.05) is 13.1 Å². The second-order valence-corrected chi connectivity index (χ2v) is 17.9. The Labute approximate surface area is 356 Å². The van der Waals surface area contributed by atoms with Crippen LogP contribution in [0, 0.1) is 0 Å². The molecule has 6 heteroatoms. The molecule has 0 spiro atoms. The average Bonchev–Trinajstić information content (AvgIpc) is 3.20. The molecule has 0 aliphatic carbocycles. The molecule has 0 heterocycles. The zero-order valence-electron chi connectivity index (χ0n) is 38.8. The first-order chi connectivity index (χ1) is 28.0. The van der Waals surface area contributed by atoms with Crippen LogP contribution < -0.4 is 5.32 Å². The lowest BCUT2D eigenvalue weighted by atomic mass is 10.0. The third-order valence-electron chi connectivity index (χ3n) is 12.2. The van der Waals surface area contributed by atoms with E-state index in [0.717, 1.165) is 44.9 Å². The minimum Gasteiger partial charge on any atom is -0.481 e. The molecule has 0 rings (SSSR count). The van der Waals surface area contributed by atoms with Gasteiger partial charge in [0.25, 0.3) is 0 Å². The van der Waals surface area contributed by atoms with Crippen molar-refractivity contribution in [2.45, 2.75) is 296 Å². The predicted molar refractivity (Wildman–Crippen MR) is 247 cm³/mol. The largest absolute Gasteiger partial charge is 0.481 e. The van der Waals surface area contributed by atoms with Gasteiger partial charge in [-0.3, -0.25) is 14.4 Å². The molecule has 0 bridgehead atoms. The Bertz CT molecular complexity index is 836. The number of nitrogens with zero attached hydrogens (tertiary/aromatic N) is 1. The molecular formula is C51H100N2O4. The highest BCUT2D eigenvalue weighted by Crippen LogP contribution is 2.17. The van der Waals surface area contributed by atoms with Gasteiger partial charge in [-0.25, -0.2) is 0 Å². The highest BCUT2D eigenvalue weighted by Gasteiger charge is 2.26. The van der Waals surface area contributed by atoms with E-state index in [-0.39, 0.29) is 24.7 Å². The molecular weight excluding hydrogens is 705 g/mol. The first-order valence-corrected chi connectivity index (χ1v) is 25.8. The van der Waals surface area contributed by atoms with Gasteiger partial charge >= 0.3 is 5.97 Å². The maximum Gasteiger partial charge on any atom is 0.303 e. The van der Waals surface area contributed by atoms with Gasteiger partial charge in [0.15, 0.2) is 0 Å². The van der Waals surface area contributed by atoms with Gasteiger partial charge in [-0.15, -0.1) is 0 Å². The number of rotatable bonds is 47. The number of hydrogen-bond acceptors (Lipinski definition) is 3. The number of carbonyl (C=O) groups excluding carboxylic acids is 2. The zero-order valence-corrected chi connectivity index (χ0v) is 38.8. The predicted octanol–water partition coefficient (Wildman–Crippen LogP) is 15.8. The monoisotopic (exact) mass is 805 g/mol. The van der Waals surface area contributed by atoms with Crippen LogP contribution >= 0.6 is 0 Å². The minimum absolute atomic E-state index is 0.0766. The number of amides is 2. The molecule has 0 aliphatic heterocycles. The molecule has 0 aromatic carbocycles. The Morgan fingerprint density at radius 3 is 0.930 bits per heavy atom. The fourth-order valence-corrected chi connectivity index (χ4v) is 8.29. The molecule has 338 valence electrons. The quantitative estimate of drug-likeness (QED) is 0.0600. The Kier molecular flexibility index (Phi) is 44.2. The van der Waals surface area contributed by atoms with Crippen LogP contribution in [0.15, 0.2) is 0 Å². The van der Waals surface area contributed by atoms with Crippen molar-refractivity contribution >= 4 is 17.8 Å². The van der Waals surface area contributed by atoms with Crippen LogP contribution in [0.5, 0.6) is 0 Å². The van der Waals surface area contributed by atoms with Crippen LogP contribution in [0.25, 0.3) is 0 Å². The first-order valence-electron chi connectivity index (χ1n) is 25.8. The highest BCUT2D eigenvalue weighted by molar-refractivity contribution is 5.88. The summed E-state index contributed by atoms with van der Waals surface area (Å²) >= 11 is 0. The standard InChI is InChI=1S/C51H100N2O4/c1-4-7-10-13-16-19-22-25-26-27-28-31-34-37-40-43-49(54)52-48(44-45-50(55)56)51(57)53(46-41-38-35-32-29-23-20-17-14-11-8-5-2)47-42-39-36-33-30-24-21-18-15-12-9-6-3/h48H,4-47H2,1-3H3,(H,52,54)(H,55,56)/t48-/m0/s1. The van der Waals surface area contributed by atoms with Gasteiger partial charge in [0, 0.05) is 25.9 Å². The van der Waals surface area contributed by atoms with Crippen molar-refractivity contribution in [3.8, 4) is 0 Å². The molecule has 1 atom stereocenters. The summed E-state index contributed by atoms with van der Waals surface area (Å²) in [6.07, 6.45) is 50.4. The molecule has 6 nitrogen and oxygen atoms in total. The van der Waals surface area contributed by atoms with Crippen molar-refractivity contribution in [3.05, 3.63) is 0 Å². The van der Waals surface area contributed by atoms with E-state index in [2.05, 4.69) is 26.1 Å². The van der Waals surface area contributed by atoms with Crippen LogP contribution in [-0.4, -0.2) is 46.9 Å². The number of aliphatic carboxylic acids is 1. The van der Waals surface area contributed by atoms with E-state index < -0.39 is 12.0 Å². The third-order valence-corrected chi connectivity index (χ3v) is 12.2. The molecule has 2 N–H and O–H groups in total. The van der Waals surface area contributed by atoms with E-state index in [1.54, 1.807) is 0 Å². The van der Waals surface area contributed by atoms with Crippen LogP contribution in [0.2, 0.25) is 0 Å². The smallest absolute Gasteiger partial charge is 0.303 e. The average molecular weight is 805 g/mol. The van der Waals surface area contributed by atoms with E-state index in [9.17, 15) is 19.5 Å². The van der Waals surface area contributed by atoms with Crippen molar-refractivity contribution in [1.29, 1.82) is 0 Å². The normalized spacial score (nSPS) is 11.9. The minimum atomic E-state index is -0.919. The Balaban J connectivity index is 4.70. The summed E-state index contributed by atoms with van der Waals surface area (Å²) in [6, 6.07) is -0.750. The Morgan fingerprint density at radius 1 is 0.386 bits per heavy atom. The molecule has 0 aromatic rings. The summed E-state index contributed by atoms with van der Waals surface area (Å²) in [5, 5.41) is 12.5. The van der Waals surface area contributed by atoms with Crippen LogP contribution in [0.4, 0.5) is 0 Å². The molecule has 0 aliphatic rings. The number of nitrogens with one attached hydrogen (secondary N) is 1. The van der Waals surface area contributed by atoms with Crippen molar-refractivity contribution in [3.63, 3.8) is 0 Å². The van der Waals surface area contributed by atoms with Gasteiger partial charge in [-0.1, -0.05) is 252 Å². The summed E-state index contributed by atoms with van der Waals surface area (Å²) in [7, 11) is 0. The van der Waals surface area contributed by atoms with Gasteiger partial charge < -0.3 is 15.3 Å². The lowest BCUT2D eigenvalue weighted by Gasteiger charge is -2.28. The second kappa shape index (κ2) is 45.5. The van der Waals surface area contributed by atoms with E-state index in [0.29, 0.717) is 19.5 Å². The van der Waals surface area contributed by atoms with Gasteiger partial charge in [0.05, 0.1) is 0 Å². The molecule has 0 saturated heterocycles. The van der Waals surface area contributed by atoms with Crippen molar-refractivity contribution < 1.29 is 19.5 Å². The highest BCUT2D eigenvalue weighted by atomic mass is 16.4. The number of carbonyl (C=O) groups is 3. The SMILES string of the molecule is CCCCCCCCCCCCCCCCCC(=O)N[C@@H](CCC(=O)O)C(=O)N(CCCCCCCCCCCCCC)CCCCCCCCCCCCCC. The van der Waals surface area contributed by atoms with Gasteiger partial charge in [0.1, 0.15) is 6.04 Å². The molecule has 0 aromatic heterocycles. The fourth-order valence-electron chi connectivity index (χ4n) is 8.29. The van der Waals surface area contributed by atoms with Crippen LogP contribution in [0.1, 0.15) is 290 Å². The third kappa shape index (κ3) is 41.0. The molecule has 0 radical (unpaired) electrons. The molecule has 57 heavy (non-hydrogen) atoms. The van der Waals surface area contributed by atoms with Crippen LogP contribution in [0.3, 0.4) is 0 Å². The summed E-state index contributed by atoms with van der Waals surface area (Å²) in [6.45, 7) is 8.22. The van der Waals surface area contributed by atoms with E-state index in [1.807, 2.05) is 4.90 Å². The van der Waals surface area contributed by atoms with Crippen molar-refractivity contribution in [1.82, 2.24) is 10.2 Å². The first kappa shape index (κ1) is 55.4. The number of unbranched alkanes of at least 4 members (excludes halogenated alkanes) is 36. The summed E-state index contributed by atoms with van der Waals surface area (Å²) in [5.74, 6) is -1.10. The number of hydrogen-bond donors (Lipinski definition) is 2. The van der Waals surface area contributed by atoms with E-state index >= 15 is 0 Å². The maximum absolute atomic E-state index is 14.0. The molecule has 0 fully saturated rings. The Morgan fingerprint density at radius 2 is 0.649 bits per heavy atom. The van der Waals surface area contributed by atoms with Gasteiger partial charge in [-0.05, 0) is 25.7 Å². The van der Waals surface area contributed by atoms with E-state index in [4.69, 9.17) is 0 Å². The maximum atomic E-state index is 14.0. The topological polar surface area (TPSA) is 86.7 Å². The molecule has 0 unspecified atom stereocenters. The molecule has 2 amide bonds. The Hall–Kier alpha value is -1.59.